The van der Waals surface area contributed by atoms with Crippen LogP contribution in [0.25, 0.3) is 0 Å². The average molecular weight is 301 g/mol. The van der Waals surface area contributed by atoms with E-state index in [1.807, 2.05) is 30.3 Å². The van der Waals surface area contributed by atoms with Crippen molar-refractivity contribution in [3.8, 4) is 0 Å². The van der Waals surface area contributed by atoms with Crippen LogP contribution in [0.15, 0.2) is 30.3 Å². The average Bonchev–Trinajstić information content (AvgIpc) is 2.88. The first-order valence-electron chi connectivity index (χ1n) is 6.16. The molecule has 1 atom stereocenters. The van der Waals surface area contributed by atoms with Gasteiger partial charge in [0.15, 0.2) is 0 Å². The molecule has 0 fully saturated rings. The quantitative estimate of drug-likeness (QED) is 0.901. The van der Waals surface area contributed by atoms with Gasteiger partial charge in [-0.3, -0.25) is 0 Å². The Bertz CT molecular complexity index is 539. The zero-order valence-corrected chi connectivity index (χ0v) is 11.6. The summed E-state index contributed by atoms with van der Waals surface area (Å²) in [6.45, 7) is 2.64. The van der Waals surface area contributed by atoms with E-state index in [0.717, 1.165) is 6.42 Å². The van der Waals surface area contributed by atoms with E-state index in [9.17, 15) is 13.2 Å². The van der Waals surface area contributed by atoms with Gasteiger partial charge in [-0.1, -0.05) is 48.6 Å². The summed E-state index contributed by atoms with van der Waals surface area (Å²) in [6, 6.07) is 9.97. The predicted octanol–water partition coefficient (Wildman–Crippen LogP) is 4.16. The van der Waals surface area contributed by atoms with Crippen LogP contribution in [0.5, 0.6) is 0 Å². The molecule has 1 aromatic carbocycles. The number of anilines is 1. The van der Waals surface area contributed by atoms with E-state index in [1.165, 1.54) is 5.56 Å². The standard InChI is InChI=1S/C13H14F3N3S/c1-9(10-5-3-2-4-6-10)7-8-17-12-19-18-11(20-12)13(14,15)16/h2-6,9H,7-8H2,1H3,(H,17,19). The highest BCUT2D eigenvalue weighted by Gasteiger charge is 2.35. The Morgan fingerprint density at radius 1 is 1.20 bits per heavy atom. The summed E-state index contributed by atoms with van der Waals surface area (Å²) in [4.78, 5) is 0. The Hall–Kier alpha value is -1.63. The molecule has 0 bridgehead atoms. The molecule has 3 nitrogen and oxygen atoms in total. The van der Waals surface area contributed by atoms with Crippen LogP contribution >= 0.6 is 11.3 Å². The summed E-state index contributed by atoms with van der Waals surface area (Å²) in [5, 5.41) is 8.78. The highest BCUT2D eigenvalue weighted by Crippen LogP contribution is 2.33. The number of alkyl halides is 3. The number of nitrogens with zero attached hydrogens (tertiary/aromatic N) is 2. The summed E-state index contributed by atoms with van der Waals surface area (Å²) in [5.74, 6) is 0.332. The molecule has 1 aromatic heterocycles. The lowest BCUT2D eigenvalue weighted by atomic mass is 9.98. The normalized spacial score (nSPS) is 13.2. The van der Waals surface area contributed by atoms with Crippen LogP contribution in [0, 0.1) is 0 Å². The van der Waals surface area contributed by atoms with Gasteiger partial charge in [0.1, 0.15) is 0 Å². The number of aromatic nitrogens is 2. The number of hydrogen-bond donors (Lipinski definition) is 1. The lowest BCUT2D eigenvalue weighted by Gasteiger charge is -2.11. The molecule has 108 valence electrons. The second-order valence-electron chi connectivity index (χ2n) is 4.44. The maximum absolute atomic E-state index is 12.4. The van der Waals surface area contributed by atoms with Crippen molar-refractivity contribution in [2.24, 2.45) is 0 Å². The van der Waals surface area contributed by atoms with E-state index in [-0.39, 0.29) is 5.13 Å². The minimum Gasteiger partial charge on any atom is -0.360 e. The maximum atomic E-state index is 12.4. The monoisotopic (exact) mass is 301 g/mol. The second-order valence-corrected chi connectivity index (χ2v) is 5.41. The molecule has 20 heavy (non-hydrogen) atoms. The molecule has 1 N–H and O–H groups in total. The largest absolute Gasteiger partial charge is 0.445 e. The van der Waals surface area contributed by atoms with E-state index in [0.29, 0.717) is 23.8 Å². The molecule has 2 aromatic rings. The van der Waals surface area contributed by atoms with Crippen molar-refractivity contribution in [3.63, 3.8) is 0 Å². The summed E-state index contributed by atoms with van der Waals surface area (Å²) < 4.78 is 37.1. The molecular weight excluding hydrogens is 287 g/mol. The van der Waals surface area contributed by atoms with Crippen LogP contribution in [-0.2, 0) is 6.18 Å². The van der Waals surface area contributed by atoms with Crippen molar-refractivity contribution in [2.75, 3.05) is 11.9 Å². The Morgan fingerprint density at radius 2 is 1.90 bits per heavy atom. The lowest BCUT2D eigenvalue weighted by molar-refractivity contribution is -0.138. The lowest BCUT2D eigenvalue weighted by Crippen LogP contribution is -2.05. The molecule has 0 radical (unpaired) electrons. The fourth-order valence-corrected chi connectivity index (χ4v) is 2.39. The van der Waals surface area contributed by atoms with Gasteiger partial charge in [0, 0.05) is 6.54 Å². The number of nitrogens with one attached hydrogen (secondary N) is 1. The summed E-state index contributed by atoms with van der Waals surface area (Å²) in [5.41, 5.74) is 1.21. The van der Waals surface area contributed by atoms with Gasteiger partial charge >= 0.3 is 6.18 Å². The van der Waals surface area contributed by atoms with Crippen molar-refractivity contribution in [2.45, 2.75) is 25.4 Å². The van der Waals surface area contributed by atoms with E-state index >= 15 is 0 Å². The number of rotatable bonds is 5. The van der Waals surface area contributed by atoms with E-state index in [4.69, 9.17) is 0 Å². The van der Waals surface area contributed by atoms with Gasteiger partial charge in [-0.05, 0) is 17.9 Å². The van der Waals surface area contributed by atoms with Crippen molar-refractivity contribution >= 4 is 16.5 Å². The molecule has 0 aliphatic carbocycles. The third-order valence-electron chi connectivity index (χ3n) is 2.89. The van der Waals surface area contributed by atoms with Crippen LogP contribution in [0.4, 0.5) is 18.3 Å². The van der Waals surface area contributed by atoms with Crippen LogP contribution in [-0.4, -0.2) is 16.7 Å². The first kappa shape index (κ1) is 14.8. The maximum Gasteiger partial charge on any atom is 0.445 e. The summed E-state index contributed by atoms with van der Waals surface area (Å²) in [7, 11) is 0. The van der Waals surface area contributed by atoms with Crippen LogP contribution in [0.2, 0.25) is 0 Å². The Balaban J connectivity index is 1.83. The topological polar surface area (TPSA) is 37.8 Å². The number of hydrogen-bond acceptors (Lipinski definition) is 4. The van der Waals surface area contributed by atoms with Gasteiger partial charge in [-0.2, -0.15) is 13.2 Å². The first-order valence-corrected chi connectivity index (χ1v) is 6.98. The zero-order valence-electron chi connectivity index (χ0n) is 10.8. The molecular formula is C13H14F3N3S. The van der Waals surface area contributed by atoms with Gasteiger partial charge in [0.25, 0.3) is 0 Å². The Kier molecular flexibility index (Phi) is 4.59. The van der Waals surface area contributed by atoms with Crippen molar-refractivity contribution in [3.05, 3.63) is 40.9 Å². The molecule has 0 amide bonds. The van der Waals surface area contributed by atoms with Crippen LogP contribution < -0.4 is 5.32 Å². The molecule has 7 heteroatoms. The molecule has 1 heterocycles. The zero-order chi connectivity index (χ0) is 14.6. The highest BCUT2D eigenvalue weighted by atomic mass is 32.1. The Morgan fingerprint density at radius 3 is 2.50 bits per heavy atom. The van der Waals surface area contributed by atoms with Gasteiger partial charge in [-0.25, -0.2) is 0 Å². The van der Waals surface area contributed by atoms with Crippen LogP contribution in [0.1, 0.15) is 29.8 Å². The molecule has 0 saturated heterocycles. The van der Waals surface area contributed by atoms with Crippen molar-refractivity contribution in [1.29, 1.82) is 0 Å². The third kappa shape index (κ3) is 3.93. The second kappa shape index (κ2) is 6.21. The van der Waals surface area contributed by atoms with Gasteiger partial charge in [-0.15, -0.1) is 10.2 Å². The van der Waals surface area contributed by atoms with E-state index in [1.54, 1.807) is 0 Å². The van der Waals surface area contributed by atoms with Crippen LogP contribution in [0.3, 0.4) is 0 Å². The third-order valence-corrected chi connectivity index (χ3v) is 3.82. The predicted molar refractivity (Wildman–Crippen MR) is 72.9 cm³/mol. The first-order chi connectivity index (χ1) is 9.47. The van der Waals surface area contributed by atoms with Crippen molar-refractivity contribution in [1.82, 2.24) is 10.2 Å². The molecule has 0 aliphatic rings. The van der Waals surface area contributed by atoms with Gasteiger partial charge in [0.2, 0.25) is 10.1 Å². The van der Waals surface area contributed by atoms with E-state index < -0.39 is 11.2 Å². The minimum absolute atomic E-state index is 0.206. The fourth-order valence-electron chi connectivity index (χ4n) is 1.75. The molecule has 0 saturated carbocycles. The van der Waals surface area contributed by atoms with Gasteiger partial charge in [0.05, 0.1) is 0 Å². The molecule has 0 spiro atoms. The molecule has 2 rings (SSSR count). The molecule has 0 aliphatic heterocycles. The summed E-state index contributed by atoms with van der Waals surface area (Å²) in [6.07, 6.45) is -3.61. The highest BCUT2D eigenvalue weighted by molar-refractivity contribution is 7.15. The number of benzene rings is 1. The van der Waals surface area contributed by atoms with E-state index in [2.05, 4.69) is 22.4 Å². The van der Waals surface area contributed by atoms with Crippen molar-refractivity contribution < 1.29 is 13.2 Å². The Labute approximate surface area is 118 Å². The minimum atomic E-state index is -4.42. The van der Waals surface area contributed by atoms with Gasteiger partial charge < -0.3 is 5.32 Å². The molecule has 1 unspecified atom stereocenters. The number of halogens is 3. The fraction of sp³-hybridized carbons (Fsp3) is 0.385. The smallest absolute Gasteiger partial charge is 0.360 e. The summed E-state index contributed by atoms with van der Waals surface area (Å²) >= 11 is 0.529. The SMILES string of the molecule is CC(CCNc1nnc(C(F)(F)F)s1)c1ccccc1.